The summed E-state index contributed by atoms with van der Waals surface area (Å²) >= 11 is 6.18. The number of halogens is 1. The molecular weight excluding hydrogens is 270 g/mol. The third-order valence-corrected chi connectivity index (χ3v) is 3.67. The van der Waals surface area contributed by atoms with Gasteiger partial charge in [0.15, 0.2) is 0 Å². The molecule has 2 aromatic rings. The van der Waals surface area contributed by atoms with Crippen LogP contribution in [0.5, 0.6) is 5.75 Å². The van der Waals surface area contributed by atoms with E-state index in [1.54, 1.807) is 7.11 Å². The third-order valence-electron chi connectivity index (χ3n) is 3.30. The molecule has 102 valence electrons. The van der Waals surface area contributed by atoms with E-state index in [4.69, 9.17) is 16.3 Å². The van der Waals surface area contributed by atoms with Gasteiger partial charge in [0.25, 0.3) is 0 Å². The van der Waals surface area contributed by atoms with Crippen LogP contribution in [-0.4, -0.2) is 7.11 Å². The molecule has 0 radical (unpaired) electrons. The summed E-state index contributed by atoms with van der Waals surface area (Å²) in [5.41, 5.74) is 3.00. The van der Waals surface area contributed by atoms with Gasteiger partial charge in [-0.2, -0.15) is 5.26 Å². The van der Waals surface area contributed by atoms with E-state index in [1.807, 2.05) is 49.4 Å². The van der Waals surface area contributed by atoms with E-state index in [0.29, 0.717) is 11.4 Å². The molecule has 0 saturated heterocycles. The SMILES string of the molecule is COc1ccc(C)cc1C(C#N)Cc1ccccc1Cl. The summed E-state index contributed by atoms with van der Waals surface area (Å²) in [6.45, 7) is 2.01. The van der Waals surface area contributed by atoms with Crippen LogP contribution in [0.3, 0.4) is 0 Å². The largest absolute Gasteiger partial charge is 0.496 e. The van der Waals surface area contributed by atoms with Gasteiger partial charge in [-0.05, 0) is 31.0 Å². The van der Waals surface area contributed by atoms with Crippen molar-refractivity contribution < 1.29 is 4.74 Å². The van der Waals surface area contributed by atoms with E-state index in [2.05, 4.69) is 6.07 Å². The predicted octanol–water partition coefficient (Wildman–Crippen LogP) is 4.51. The lowest BCUT2D eigenvalue weighted by molar-refractivity contribution is 0.408. The van der Waals surface area contributed by atoms with E-state index in [9.17, 15) is 5.26 Å². The highest BCUT2D eigenvalue weighted by molar-refractivity contribution is 6.31. The van der Waals surface area contributed by atoms with Crippen molar-refractivity contribution in [1.82, 2.24) is 0 Å². The van der Waals surface area contributed by atoms with Gasteiger partial charge in [0, 0.05) is 10.6 Å². The van der Waals surface area contributed by atoms with Gasteiger partial charge in [-0.25, -0.2) is 0 Å². The third kappa shape index (κ3) is 3.12. The Labute approximate surface area is 124 Å². The minimum atomic E-state index is -0.273. The summed E-state index contributed by atoms with van der Waals surface area (Å²) in [5, 5.41) is 10.2. The lowest BCUT2D eigenvalue weighted by atomic mass is 9.91. The molecule has 0 aliphatic carbocycles. The Balaban J connectivity index is 2.37. The fourth-order valence-electron chi connectivity index (χ4n) is 2.24. The average Bonchev–Trinajstić information content (AvgIpc) is 2.46. The standard InChI is InChI=1S/C17H16ClNO/c1-12-7-8-17(20-2)15(9-12)14(11-19)10-13-5-3-4-6-16(13)18/h3-9,14H,10H2,1-2H3. The first-order valence-corrected chi connectivity index (χ1v) is 6.81. The molecule has 0 bridgehead atoms. The second kappa shape index (κ2) is 6.45. The maximum absolute atomic E-state index is 9.49. The minimum absolute atomic E-state index is 0.273. The lowest BCUT2D eigenvalue weighted by Crippen LogP contribution is -2.04. The second-order valence-electron chi connectivity index (χ2n) is 4.72. The monoisotopic (exact) mass is 285 g/mol. The summed E-state index contributed by atoms with van der Waals surface area (Å²) in [6.07, 6.45) is 0.579. The zero-order chi connectivity index (χ0) is 14.5. The van der Waals surface area contributed by atoms with E-state index < -0.39 is 0 Å². The zero-order valence-electron chi connectivity index (χ0n) is 11.6. The van der Waals surface area contributed by atoms with Crippen LogP contribution >= 0.6 is 11.6 Å². The number of aryl methyl sites for hydroxylation is 1. The van der Waals surface area contributed by atoms with Gasteiger partial charge >= 0.3 is 0 Å². The van der Waals surface area contributed by atoms with Crippen LogP contribution in [0.15, 0.2) is 42.5 Å². The van der Waals surface area contributed by atoms with Crippen molar-refractivity contribution in [2.75, 3.05) is 7.11 Å². The molecule has 2 aromatic carbocycles. The van der Waals surface area contributed by atoms with Crippen molar-refractivity contribution in [1.29, 1.82) is 5.26 Å². The Hall–Kier alpha value is -1.98. The summed E-state index contributed by atoms with van der Waals surface area (Å²) in [5.74, 6) is 0.471. The summed E-state index contributed by atoms with van der Waals surface area (Å²) in [7, 11) is 1.62. The molecule has 0 amide bonds. The molecular formula is C17H16ClNO. The molecule has 2 nitrogen and oxygen atoms in total. The first-order chi connectivity index (χ1) is 9.65. The first-order valence-electron chi connectivity index (χ1n) is 6.43. The van der Waals surface area contributed by atoms with E-state index >= 15 is 0 Å². The average molecular weight is 286 g/mol. The van der Waals surface area contributed by atoms with Gasteiger partial charge in [0.1, 0.15) is 5.75 Å². The molecule has 20 heavy (non-hydrogen) atoms. The van der Waals surface area contributed by atoms with Gasteiger partial charge < -0.3 is 4.74 Å². The van der Waals surface area contributed by atoms with Crippen LogP contribution in [0.1, 0.15) is 22.6 Å². The fourth-order valence-corrected chi connectivity index (χ4v) is 2.45. The predicted molar refractivity (Wildman–Crippen MR) is 81.2 cm³/mol. The van der Waals surface area contributed by atoms with Gasteiger partial charge in [0.05, 0.1) is 19.1 Å². The molecule has 2 rings (SSSR count). The zero-order valence-corrected chi connectivity index (χ0v) is 12.3. The molecule has 0 saturated carbocycles. The fraction of sp³-hybridized carbons (Fsp3) is 0.235. The highest BCUT2D eigenvalue weighted by atomic mass is 35.5. The van der Waals surface area contributed by atoms with Crippen LogP contribution in [0.2, 0.25) is 5.02 Å². The molecule has 0 fully saturated rings. The summed E-state index contributed by atoms with van der Waals surface area (Å²) < 4.78 is 5.37. The van der Waals surface area contributed by atoms with Crippen molar-refractivity contribution >= 4 is 11.6 Å². The molecule has 1 unspecified atom stereocenters. The van der Waals surface area contributed by atoms with Gasteiger partial charge in [-0.3, -0.25) is 0 Å². The van der Waals surface area contributed by atoms with Crippen LogP contribution in [0, 0.1) is 18.3 Å². The Kier molecular flexibility index (Phi) is 4.65. The molecule has 0 aromatic heterocycles. The number of rotatable bonds is 4. The molecule has 3 heteroatoms. The Morgan fingerprint density at radius 1 is 1.25 bits per heavy atom. The molecule has 1 atom stereocenters. The molecule has 0 N–H and O–H groups in total. The van der Waals surface area contributed by atoms with Crippen molar-refractivity contribution in [2.24, 2.45) is 0 Å². The normalized spacial score (nSPS) is 11.7. The van der Waals surface area contributed by atoms with Crippen molar-refractivity contribution in [3.8, 4) is 11.8 Å². The van der Waals surface area contributed by atoms with Crippen LogP contribution in [0.25, 0.3) is 0 Å². The van der Waals surface area contributed by atoms with Crippen LogP contribution in [0.4, 0.5) is 0 Å². The van der Waals surface area contributed by atoms with E-state index in [1.165, 1.54) is 0 Å². The van der Waals surface area contributed by atoms with E-state index in [0.717, 1.165) is 22.4 Å². The van der Waals surface area contributed by atoms with Crippen LogP contribution in [-0.2, 0) is 6.42 Å². The highest BCUT2D eigenvalue weighted by Crippen LogP contribution is 2.31. The van der Waals surface area contributed by atoms with Gasteiger partial charge in [-0.15, -0.1) is 0 Å². The molecule has 0 spiro atoms. The smallest absolute Gasteiger partial charge is 0.123 e. The maximum Gasteiger partial charge on any atom is 0.123 e. The number of methoxy groups -OCH3 is 1. The summed E-state index contributed by atoms with van der Waals surface area (Å²) in [6, 6.07) is 15.9. The second-order valence-corrected chi connectivity index (χ2v) is 5.13. The first kappa shape index (κ1) is 14.4. The molecule has 0 aliphatic heterocycles. The number of nitriles is 1. The topological polar surface area (TPSA) is 33.0 Å². The molecule has 0 heterocycles. The quantitative estimate of drug-likeness (QED) is 0.828. The highest BCUT2D eigenvalue weighted by Gasteiger charge is 2.17. The summed E-state index contributed by atoms with van der Waals surface area (Å²) in [4.78, 5) is 0. The number of hydrogen-bond acceptors (Lipinski definition) is 2. The number of ether oxygens (including phenoxy) is 1. The van der Waals surface area contributed by atoms with Gasteiger partial charge in [0.2, 0.25) is 0 Å². The van der Waals surface area contributed by atoms with Crippen molar-refractivity contribution in [2.45, 2.75) is 19.3 Å². The van der Waals surface area contributed by atoms with Crippen molar-refractivity contribution in [3.05, 3.63) is 64.2 Å². The number of benzene rings is 2. The van der Waals surface area contributed by atoms with Crippen LogP contribution < -0.4 is 4.74 Å². The van der Waals surface area contributed by atoms with E-state index in [-0.39, 0.29) is 5.92 Å². The lowest BCUT2D eigenvalue weighted by Gasteiger charge is -2.15. The molecule has 0 aliphatic rings. The Morgan fingerprint density at radius 2 is 2.00 bits per heavy atom. The Bertz CT molecular complexity index is 646. The van der Waals surface area contributed by atoms with Gasteiger partial charge in [-0.1, -0.05) is 47.5 Å². The maximum atomic E-state index is 9.49. The number of hydrogen-bond donors (Lipinski definition) is 0. The minimum Gasteiger partial charge on any atom is -0.496 e. The Morgan fingerprint density at radius 3 is 2.65 bits per heavy atom. The number of nitrogens with zero attached hydrogens (tertiary/aromatic N) is 1. The van der Waals surface area contributed by atoms with Crippen molar-refractivity contribution in [3.63, 3.8) is 0 Å².